The van der Waals surface area contributed by atoms with E-state index in [-0.39, 0.29) is 11.3 Å². The van der Waals surface area contributed by atoms with Gasteiger partial charge < -0.3 is 5.11 Å². The highest BCUT2D eigenvalue weighted by atomic mass is 32.2. The molecule has 0 aliphatic carbocycles. The number of carboxylic acid groups (broad SMARTS) is 1. The van der Waals surface area contributed by atoms with Gasteiger partial charge in [0.1, 0.15) is 0 Å². The summed E-state index contributed by atoms with van der Waals surface area (Å²) in [4.78, 5) is 10.7. The fourth-order valence-electron chi connectivity index (χ4n) is 1.51. The largest absolute Gasteiger partial charge is 0.481 e. The number of hydrogen-bond donors (Lipinski definition) is 1. The minimum absolute atomic E-state index is 0.0961. The van der Waals surface area contributed by atoms with Crippen LogP contribution in [0.1, 0.15) is 11.1 Å². The van der Waals surface area contributed by atoms with Crippen molar-refractivity contribution >= 4 is 21.9 Å². The molecule has 0 unspecified atom stereocenters. The lowest BCUT2D eigenvalue weighted by molar-refractivity contribution is -0.136. The molecule has 2 rings (SSSR count). The summed E-state index contributed by atoms with van der Waals surface area (Å²) < 4.78 is 22.8. The van der Waals surface area contributed by atoms with E-state index in [1.165, 1.54) is 18.2 Å². The van der Waals surface area contributed by atoms with E-state index in [2.05, 4.69) is 0 Å². The summed E-state index contributed by atoms with van der Waals surface area (Å²) in [6.45, 7) is 0. The molecule has 0 saturated carbocycles. The monoisotopic (exact) mass is 224 g/mol. The van der Waals surface area contributed by atoms with E-state index < -0.39 is 15.8 Å². The molecule has 78 valence electrons. The Bertz CT molecular complexity index is 555. The third kappa shape index (κ3) is 1.78. The van der Waals surface area contributed by atoms with Gasteiger partial charge in [-0.3, -0.25) is 4.79 Å². The van der Waals surface area contributed by atoms with Crippen LogP contribution in [0.4, 0.5) is 0 Å². The second-order valence-electron chi connectivity index (χ2n) is 3.29. The van der Waals surface area contributed by atoms with Crippen LogP contribution in [-0.4, -0.2) is 19.5 Å². The Morgan fingerprint density at radius 3 is 2.73 bits per heavy atom. The normalized spacial score (nSPS) is 16.3. The molecule has 1 heterocycles. The Labute approximate surface area is 86.8 Å². The van der Waals surface area contributed by atoms with Crippen molar-refractivity contribution in [2.45, 2.75) is 11.3 Å². The zero-order chi connectivity index (χ0) is 11.1. The molecule has 5 heteroatoms. The van der Waals surface area contributed by atoms with Crippen LogP contribution in [0.2, 0.25) is 0 Å². The van der Waals surface area contributed by atoms with Gasteiger partial charge in [-0.25, -0.2) is 8.42 Å². The predicted octanol–water partition coefficient (Wildman–Crippen LogP) is 1.07. The molecule has 1 aromatic rings. The maximum absolute atomic E-state index is 11.4. The van der Waals surface area contributed by atoms with Crippen molar-refractivity contribution in [3.05, 3.63) is 34.7 Å². The van der Waals surface area contributed by atoms with Crippen LogP contribution >= 0.6 is 0 Å². The van der Waals surface area contributed by atoms with Crippen molar-refractivity contribution in [2.75, 3.05) is 0 Å². The molecule has 0 amide bonds. The van der Waals surface area contributed by atoms with Crippen molar-refractivity contribution in [1.29, 1.82) is 0 Å². The van der Waals surface area contributed by atoms with Gasteiger partial charge in [-0.15, -0.1) is 0 Å². The zero-order valence-electron chi connectivity index (χ0n) is 7.67. The molecule has 0 spiro atoms. The Hall–Kier alpha value is -1.62. The average molecular weight is 224 g/mol. The lowest BCUT2D eigenvalue weighted by atomic mass is 10.1. The van der Waals surface area contributed by atoms with Crippen molar-refractivity contribution in [3.8, 4) is 0 Å². The summed E-state index contributed by atoms with van der Waals surface area (Å²) in [7, 11) is -3.28. The molecule has 1 aromatic carbocycles. The van der Waals surface area contributed by atoms with E-state index >= 15 is 0 Å². The number of fused-ring (bicyclic) bond motifs is 1. The minimum atomic E-state index is -3.28. The van der Waals surface area contributed by atoms with Gasteiger partial charge in [0, 0.05) is 5.41 Å². The maximum Gasteiger partial charge on any atom is 0.307 e. The number of rotatable bonds is 2. The number of sulfone groups is 1. The summed E-state index contributed by atoms with van der Waals surface area (Å²) >= 11 is 0. The number of benzene rings is 1. The molecule has 4 nitrogen and oxygen atoms in total. The first kappa shape index (κ1) is 9.92. The summed E-state index contributed by atoms with van der Waals surface area (Å²) in [6, 6.07) is 4.56. The van der Waals surface area contributed by atoms with Crippen LogP contribution in [-0.2, 0) is 21.1 Å². The molecule has 0 fully saturated rings. The first-order valence-corrected chi connectivity index (χ1v) is 5.81. The fourth-order valence-corrected chi connectivity index (χ4v) is 2.69. The van der Waals surface area contributed by atoms with Gasteiger partial charge >= 0.3 is 5.97 Å². The van der Waals surface area contributed by atoms with Crippen molar-refractivity contribution in [1.82, 2.24) is 0 Å². The smallest absolute Gasteiger partial charge is 0.307 e. The van der Waals surface area contributed by atoms with Gasteiger partial charge in [-0.2, -0.15) is 0 Å². The third-order valence-electron chi connectivity index (χ3n) is 2.16. The van der Waals surface area contributed by atoms with Gasteiger partial charge in [0.05, 0.1) is 11.3 Å². The van der Waals surface area contributed by atoms with Gasteiger partial charge in [-0.05, 0) is 29.3 Å². The summed E-state index contributed by atoms with van der Waals surface area (Å²) in [5.41, 5.74) is 1.16. The number of carbonyl (C=O) groups is 1. The highest BCUT2D eigenvalue weighted by Crippen LogP contribution is 2.27. The second kappa shape index (κ2) is 3.20. The Morgan fingerprint density at radius 2 is 2.07 bits per heavy atom. The molecular weight excluding hydrogens is 216 g/mol. The topological polar surface area (TPSA) is 71.4 Å². The molecular formula is C10H8O4S. The quantitative estimate of drug-likeness (QED) is 0.815. The molecule has 1 aliphatic rings. The number of aliphatic carboxylic acids is 1. The molecule has 1 aliphatic heterocycles. The SMILES string of the molecule is O=C(O)Cc1ccc2c(c1)C=CS2(=O)=O. The molecule has 15 heavy (non-hydrogen) atoms. The van der Waals surface area contributed by atoms with Gasteiger partial charge in [0.2, 0.25) is 0 Å². The standard InChI is InChI=1S/C10H8O4S/c11-10(12)6-7-1-2-9-8(5-7)3-4-15(9,13)14/h1-5H,6H2,(H,11,12). The Balaban J connectivity index is 2.46. The molecule has 1 N–H and O–H groups in total. The van der Waals surface area contributed by atoms with Crippen LogP contribution < -0.4 is 0 Å². The van der Waals surface area contributed by atoms with Crippen molar-refractivity contribution < 1.29 is 18.3 Å². The zero-order valence-corrected chi connectivity index (χ0v) is 8.49. The van der Waals surface area contributed by atoms with Gasteiger partial charge in [0.15, 0.2) is 9.84 Å². The Kier molecular flexibility index (Phi) is 2.12. The van der Waals surface area contributed by atoms with E-state index in [1.54, 1.807) is 6.07 Å². The lowest BCUT2D eigenvalue weighted by Gasteiger charge is -2.01. The van der Waals surface area contributed by atoms with Crippen LogP contribution in [0.25, 0.3) is 6.08 Å². The lowest BCUT2D eigenvalue weighted by Crippen LogP contribution is -2.01. The maximum atomic E-state index is 11.4. The number of carboxylic acids is 1. The molecule has 0 radical (unpaired) electrons. The van der Waals surface area contributed by atoms with Gasteiger partial charge in [-0.1, -0.05) is 6.07 Å². The van der Waals surface area contributed by atoms with E-state index in [4.69, 9.17) is 5.11 Å². The highest BCUT2D eigenvalue weighted by Gasteiger charge is 2.20. The summed E-state index contributed by atoms with van der Waals surface area (Å²) in [6.07, 6.45) is 1.39. The summed E-state index contributed by atoms with van der Waals surface area (Å²) in [5.74, 6) is -0.931. The first-order valence-electron chi connectivity index (χ1n) is 4.27. The van der Waals surface area contributed by atoms with E-state index in [0.717, 1.165) is 5.41 Å². The number of hydrogen-bond acceptors (Lipinski definition) is 3. The van der Waals surface area contributed by atoms with Gasteiger partial charge in [0.25, 0.3) is 0 Å². The molecule has 0 saturated heterocycles. The fraction of sp³-hybridized carbons (Fsp3) is 0.100. The molecule has 0 aromatic heterocycles. The highest BCUT2D eigenvalue weighted by molar-refractivity contribution is 7.94. The van der Waals surface area contributed by atoms with E-state index in [1.807, 2.05) is 0 Å². The van der Waals surface area contributed by atoms with E-state index in [0.29, 0.717) is 11.1 Å². The van der Waals surface area contributed by atoms with E-state index in [9.17, 15) is 13.2 Å². The average Bonchev–Trinajstić information content (AvgIpc) is 2.41. The van der Waals surface area contributed by atoms with Crippen molar-refractivity contribution in [3.63, 3.8) is 0 Å². The molecule has 0 atom stereocenters. The Morgan fingerprint density at radius 1 is 1.33 bits per heavy atom. The predicted molar refractivity (Wildman–Crippen MR) is 54.0 cm³/mol. The minimum Gasteiger partial charge on any atom is -0.481 e. The summed E-state index contributed by atoms with van der Waals surface area (Å²) in [5, 5.41) is 9.71. The molecule has 0 bridgehead atoms. The third-order valence-corrected chi connectivity index (χ3v) is 3.64. The van der Waals surface area contributed by atoms with Crippen LogP contribution in [0.15, 0.2) is 28.5 Å². The van der Waals surface area contributed by atoms with Crippen LogP contribution in [0.3, 0.4) is 0 Å². The second-order valence-corrected chi connectivity index (χ2v) is 5.09. The van der Waals surface area contributed by atoms with Crippen LogP contribution in [0.5, 0.6) is 0 Å². The van der Waals surface area contributed by atoms with Crippen molar-refractivity contribution in [2.24, 2.45) is 0 Å². The first-order chi connectivity index (χ1) is 6.99. The van der Waals surface area contributed by atoms with Crippen LogP contribution in [0, 0.1) is 0 Å².